The van der Waals surface area contributed by atoms with Crippen molar-refractivity contribution in [2.75, 3.05) is 6.54 Å². The Labute approximate surface area is 83.3 Å². The summed E-state index contributed by atoms with van der Waals surface area (Å²) >= 11 is 5.70. The van der Waals surface area contributed by atoms with Crippen LogP contribution in [0.5, 0.6) is 0 Å². The van der Waals surface area contributed by atoms with Crippen molar-refractivity contribution < 1.29 is 0 Å². The number of halogens is 1. The van der Waals surface area contributed by atoms with Gasteiger partial charge in [-0.2, -0.15) is 0 Å². The Morgan fingerprint density at radius 2 is 2.38 bits per heavy atom. The van der Waals surface area contributed by atoms with E-state index >= 15 is 0 Å². The number of hydrogen-bond donors (Lipinski definition) is 2. The molecular formula is C9H14ClN3. The summed E-state index contributed by atoms with van der Waals surface area (Å²) in [6.07, 6.45) is 1.64. The number of nitrogens with one attached hydrogen (secondary N) is 1. The average molecular weight is 200 g/mol. The second kappa shape index (κ2) is 5.17. The Balaban J connectivity index is 2.41. The highest BCUT2D eigenvalue weighted by atomic mass is 35.5. The first kappa shape index (κ1) is 10.4. The molecular weight excluding hydrogens is 186 g/mol. The molecule has 1 heterocycles. The Bertz CT molecular complexity index is 248. The van der Waals surface area contributed by atoms with E-state index in [0.717, 1.165) is 12.2 Å². The second-order valence-electron chi connectivity index (χ2n) is 2.99. The standard InChI is InChI=1S/C9H14ClN3/c1-7(4-11)12-6-9-3-2-8(10)5-13-9/h2-3,5,7,12H,4,6,11H2,1H3/t7-/m0/s1. The summed E-state index contributed by atoms with van der Waals surface area (Å²) < 4.78 is 0. The van der Waals surface area contributed by atoms with Gasteiger partial charge in [-0.1, -0.05) is 11.6 Å². The van der Waals surface area contributed by atoms with Gasteiger partial charge in [0.25, 0.3) is 0 Å². The summed E-state index contributed by atoms with van der Waals surface area (Å²) in [5.41, 5.74) is 6.43. The fraction of sp³-hybridized carbons (Fsp3) is 0.444. The number of rotatable bonds is 4. The van der Waals surface area contributed by atoms with Crippen LogP contribution in [-0.4, -0.2) is 17.6 Å². The van der Waals surface area contributed by atoms with Gasteiger partial charge in [0.15, 0.2) is 0 Å². The zero-order chi connectivity index (χ0) is 9.68. The minimum absolute atomic E-state index is 0.317. The highest BCUT2D eigenvalue weighted by Crippen LogP contribution is 2.05. The van der Waals surface area contributed by atoms with Gasteiger partial charge in [0.05, 0.1) is 10.7 Å². The monoisotopic (exact) mass is 199 g/mol. The first-order chi connectivity index (χ1) is 6.22. The van der Waals surface area contributed by atoms with E-state index in [1.165, 1.54) is 0 Å². The van der Waals surface area contributed by atoms with Crippen LogP contribution in [0.1, 0.15) is 12.6 Å². The lowest BCUT2D eigenvalue weighted by Gasteiger charge is -2.10. The van der Waals surface area contributed by atoms with Crippen LogP contribution in [-0.2, 0) is 6.54 Å². The van der Waals surface area contributed by atoms with Crippen LogP contribution in [0.15, 0.2) is 18.3 Å². The summed E-state index contributed by atoms with van der Waals surface area (Å²) in [5, 5.41) is 3.90. The maximum atomic E-state index is 5.70. The lowest BCUT2D eigenvalue weighted by molar-refractivity contribution is 0.550. The Hall–Kier alpha value is -0.640. The zero-order valence-corrected chi connectivity index (χ0v) is 8.38. The predicted octanol–water partition coefficient (Wildman–Crippen LogP) is 1.17. The topological polar surface area (TPSA) is 50.9 Å². The SMILES string of the molecule is C[C@@H](CN)NCc1ccc(Cl)cn1. The normalized spacial score (nSPS) is 12.8. The van der Waals surface area contributed by atoms with Gasteiger partial charge in [0, 0.05) is 25.3 Å². The molecule has 1 aromatic heterocycles. The van der Waals surface area contributed by atoms with E-state index in [9.17, 15) is 0 Å². The van der Waals surface area contributed by atoms with E-state index in [1.807, 2.05) is 19.1 Å². The molecule has 4 heteroatoms. The van der Waals surface area contributed by atoms with Crippen LogP contribution in [0.3, 0.4) is 0 Å². The van der Waals surface area contributed by atoms with Gasteiger partial charge >= 0.3 is 0 Å². The molecule has 0 saturated carbocycles. The van der Waals surface area contributed by atoms with Gasteiger partial charge < -0.3 is 11.1 Å². The lowest BCUT2D eigenvalue weighted by atomic mass is 10.3. The second-order valence-corrected chi connectivity index (χ2v) is 3.42. The molecule has 72 valence electrons. The molecule has 3 N–H and O–H groups in total. The number of nitrogens with zero attached hydrogens (tertiary/aromatic N) is 1. The third-order valence-corrected chi connectivity index (χ3v) is 2.00. The van der Waals surface area contributed by atoms with E-state index < -0.39 is 0 Å². The highest BCUT2D eigenvalue weighted by Gasteiger charge is 1.98. The Kier molecular flexibility index (Phi) is 4.15. The molecule has 1 atom stereocenters. The van der Waals surface area contributed by atoms with E-state index in [-0.39, 0.29) is 0 Å². The van der Waals surface area contributed by atoms with E-state index in [1.54, 1.807) is 6.20 Å². The Morgan fingerprint density at radius 3 is 2.92 bits per heavy atom. The minimum atomic E-state index is 0.317. The molecule has 3 nitrogen and oxygen atoms in total. The number of hydrogen-bond acceptors (Lipinski definition) is 3. The maximum Gasteiger partial charge on any atom is 0.0589 e. The lowest BCUT2D eigenvalue weighted by Crippen LogP contribution is -2.32. The molecule has 0 aliphatic rings. The first-order valence-electron chi connectivity index (χ1n) is 4.26. The summed E-state index contributed by atoms with van der Waals surface area (Å²) in [5.74, 6) is 0. The third-order valence-electron chi connectivity index (χ3n) is 1.77. The number of pyridine rings is 1. The molecule has 0 radical (unpaired) electrons. The summed E-state index contributed by atoms with van der Waals surface area (Å²) in [6.45, 7) is 3.40. The molecule has 0 spiro atoms. The van der Waals surface area contributed by atoms with Gasteiger partial charge in [0.2, 0.25) is 0 Å². The summed E-state index contributed by atoms with van der Waals surface area (Å²) in [7, 11) is 0. The number of nitrogens with two attached hydrogens (primary N) is 1. The van der Waals surface area contributed by atoms with E-state index in [2.05, 4.69) is 10.3 Å². The van der Waals surface area contributed by atoms with Gasteiger partial charge in [-0.3, -0.25) is 4.98 Å². The minimum Gasteiger partial charge on any atom is -0.329 e. The predicted molar refractivity (Wildman–Crippen MR) is 54.6 cm³/mol. The average Bonchev–Trinajstić information content (AvgIpc) is 2.16. The highest BCUT2D eigenvalue weighted by molar-refractivity contribution is 6.30. The van der Waals surface area contributed by atoms with Crippen molar-refractivity contribution >= 4 is 11.6 Å². The van der Waals surface area contributed by atoms with Crippen LogP contribution < -0.4 is 11.1 Å². The molecule has 0 aliphatic heterocycles. The van der Waals surface area contributed by atoms with Crippen molar-refractivity contribution in [1.29, 1.82) is 0 Å². The zero-order valence-electron chi connectivity index (χ0n) is 7.63. The Morgan fingerprint density at radius 1 is 1.62 bits per heavy atom. The largest absolute Gasteiger partial charge is 0.329 e. The van der Waals surface area contributed by atoms with Crippen molar-refractivity contribution in [3.63, 3.8) is 0 Å². The van der Waals surface area contributed by atoms with Crippen LogP contribution >= 0.6 is 11.6 Å². The molecule has 0 saturated heterocycles. The molecule has 0 bridgehead atoms. The van der Waals surface area contributed by atoms with E-state index in [4.69, 9.17) is 17.3 Å². The maximum absolute atomic E-state index is 5.70. The third kappa shape index (κ3) is 3.72. The molecule has 13 heavy (non-hydrogen) atoms. The van der Waals surface area contributed by atoms with Crippen molar-refractivity contribution in [2.24, 2.45) is 5.73 Å². The van der Waals surface area contributed by atoms with Crippen LogP contribution in [0.25, 0.3) is 0 Å². The molecule has 0 aliphatic carbocycles. The first-order valence-corrected chi connectivity index (χ1v) is 4.64. The van der Waals surface area contributed by atoms with Gasteiger partial charge in [-0.15, -0.1) is 0 Å². The van der Waals surface area contributed by atoms with Crippen molar-refractivity contribution in [2.45, 2.75) is 19.5 Å². The van der Waals surface area contributed by atoms with Crippen molar-refractivity contribution in [3.8, 4) is 0 Å². The van der Waals surface area contributed by atoms with E-state index in [0.29, 0.717) is 17.6 Å². The van der Waals surface area contributed by atoms with Crippen LogP contribution in [0.4, 0.5) is 0 Å². The van der Waals surface area contributed by atoms with Crippen molar-refractivity contribution in [1.82, 2.24) is 10.3 Å². The van der Waals surface area contributed by atoms with Crippen LogP contribution in [0, 0.1) is 0 Å². The molecule has 0 fully saturated rings. The quantitative estimate of drug-likeness (QED) is 0.766. The molecule has 1 aromatic rings. The van der Waals surface area contributed by atoms with Gasteiger partial charge in [-0.25, -0.2) is 0 Å². The van der Waals surface area contributed by atoms with Gasteiger partial charge in [-0.05, 0) is 19.1 Å². The van der Waals surface area contributed by atoms with Crippen molar-refractivity contribution in [3.05, 3.63) is 29.0 Å². The summed E-state index contributed by atoms with van der Waals surface area (Å²) in [4.78, 5) is 4.15. The fourth-order valence-corrected chi connectivity index (χ4v) is 0.985. The smallest absolute Gasteiger partial charge is 0.0589 e. The number of aromatic nitrogens is 1. The molecule has 0 aromatic carbocycles. The molecule has 0 amide bonds. The fourth-order valence-electron chi connectivity index (χ4n) is 0.873. The summed E-state index contributed by atoms with van der Waals surface area (Å²) in [6, 6.07) is 4.05. The molecule has 1 rings (SSSR count). The van der Waals surface area contributed by atoms with Crippen LogP contribution in [0.2, 0.25) is 5.02 Å². The van der Waals surface area contributed by atoms with Gasteiger partial charge in [0.1, 0.15) is 0 Å². The molecule has 0 unspecified atom stereocenters.